The van der Waals surface area contributed by atoms with E-state index < -0.39 is 0 Å². The lowest BCUT2D eigenvalue weighted by Crippen LogP contribution is -3.08. The van der Waals surface area contributed by atoms with Crippen LogP contribution in [0.3, 0.4) is 0 Å². The highest BCUT2D eigenvalue weighted by Crippen LogP contribution is 2.18. The van der Waals surface area contributed by atoms with Gasteiger partial charge in [-0.15, -0.1) is 0 Å². The van der Waals surface area contributed by atoms with Crippen LogP contribution in [-0.2, 0) is 6.54 Å². The van der Waals surface area contributed by atoms with Gasteiger partial charge in [-0.1, -0.05) is 30.3 Å². The average Bonchev–Trinajstić information content (AvgIpc) is 2.75. The fourth-order valence-corrected chi connectivity index (χ4v) is 2.93. The average molecular weight is 299 g/mol. The summed E-state index contributed by atoms with van der Waals surface area (Å²) in [5, 5.41) is 0. The third-order valence-electron chi connectivity index (χ3n) is 3.88. The summed E-state index contributed by atoms with van der Waals surface area (Å²) in [7, 11) is 2.00. The minimum absolute atomic E-state index is 0.00436. The number of likely N-dealkylation sites (N-methyl/N-ethyl adjacent to an activating group) is 1. The van der Waals surface area contributed by atoms with Crippen LogP contribution in [0.4, 0.5) is 0 Å². The minimum Gasteiger partial charge on any atom is -0.355 e. The fourth-order valence-electron chi connectivity index (χ4n) is 2.93. The molecule has 0 fully saturated rings. The van der Waals surface area contributed by atoms with Crippen molar-refractivity contribution in [2.75, 3.05) is 13.6 Å². The Labute approximate surface area is 131 Å². The lowest BCUT2D eigenvalue weighted by Gasteiger charge is -2.13. The van der Waals surface area contributed by atoms with Crippen LogP contribution in [0.5, 0.6) is 0 Å². The normalized spacial score (nSPS) is 12.2. The van der Waals surface area contributed by atoms with Crippen LogP contribution in [-0.4, -0.2) is 30.1 Å². The van der Waals surface area contributed by atoms with Gasteiger partial charge in [0.05, 0.1) is 12.7 Å². The number of quaternary nitrogens is 1. The fraction of sp³-hybridized carbons (Fsp3) is 0.333. The SMILES string of the molecule is CC(=O)c1c(C)[nH]c(C(=O)C[NH+](C)Cc2ccccc2)c1C. The first-order valence-corrected chi connectivity index (χ1v) is 7.48. The molecule has 1 aromatic carbocycles. The summed E-state index contributed by atoms with van der Waals surface area (Å²) in [5.74, 6) is 0.0387. The van der Waals surface area contributed by atoms with Crippen molar-refractivity contribution in [3.05, 3.63) is 58.4 Å². The number of carbonyl (C=O) groups is 2. The lowest BCUT2D eigenvalue weighted by molar-refractivity contribution is -0.884. The molecule has 0 saturated carbocycles. The lowest BCUT2D eigenvalue weighted by atomic mass is 10.1. The topological polar surface area (TPSA) is 54.4 Å². The molecule has 0 aliphatic carbocycles. The second-order valence-electron chi connectivity index (χ2n) is 5.90. The Morgan fingerprint density at radius 3 is 2.32 bits per heavy atom. The van der Waals surface area contributed by atoms with Gasteiger partial charge in [-0.25, -0.2) is 0 Å². The number of H-pyrrole nitrogens is 1. The quantitative estimate of drug-likeness (QED) is 0.798. The molecular formula is C18H23N2O2+. The maximum atomic E-state index is 12.5. The number of ketones is 2. The first-order valence-electron chi connectivity index (χ1n) is 7.48. The number of Topliss-reactive ketones (excluding diaryl/α,β-unsaturated/α-hetero) is 2. The van der Waals surface area contributed by atoms with Gasteiger partial charge in [0.1, 0.15) is 13.1 Å². The second kappa shape index (κ2) is 6.71. The summed E-state index contributed by atoms with van der Waals surface area (Å²) in [6.45, 7) is 6.39. The summed E-state index contributed by atoms with van der Waals surface area (Å²) in [6, 6.07) is 10.1. The third kappa shape index (κ3) is 3.52. The predicted molar refractivity (Wildman–Crippen MR) is 86.5 cm³/mol. The maximum absolute atomic E-state index is 12.5. The van der Waals surface area contributed by atoms with Crippen LogP contribution >= 0.6 is 0 Å². The Bertz CT molecular complexity index is 687. The largest absolute Gasteiger partial charge is 0.355 e. The summed E-state index contributed by atoms with van der Waals surface area (Å²) < 4.78 is 0. The molecule has 0 saturated heterocycles. The molecule has 0 amide bonds. The number of hydrogen-bond acceptors (Lipinski definition) is 2. The van der Waals surface area contributed by atoms with Gasteiger partial charge in [0.2, 0.25) is 5.78 Å². The zero-order valence-electron chi connectivity index (χ0n) is 13.6. The molecule has 1 atom stereocenters. The van der Waals surface area contributed by atoms with Crippen molar-refractivity contribution < 1.29 is 14.5 Å². The number of benzene rings is 1. The molecule has 2 N–H and O–H groups in total. The molecule has 0 aliphatic rings. The van der Waals surface area contributed by atoms with Crippen molar-refractivity contribution in [2.24, 2.45) is 0 Å². The van der Waals surface area contributed by atoms with E-state index in [2.05, 4.69) is 17.1 Å². The van der Waals surface area contributed by atoms with Crippen LogP contribution in [0.1, 0.15) is 44.6 Å². The first kappa shape index (κ1) is 16.2. The molecule has 0 radical (unpaired) electrons. The van der Waals surface area contributed by atoms with Gasteiger partial charge < -0.3 is 9.88 Å². The van der Waals surface area contributed by atoms with E-state index in [1.54, 1.807) is 0 Å². The van der Waals surface area contributed by atoms with E-state index in [1.165, 1.54) is 12.5 Å². The van der Waals surface area contributed by atoms with E-state index >= 15 is 0 Å². The van der Waals surface area contributed by atoms with Crippen LogP contribution in [0.25, 0.3) is 0 Å². The van der Waals surface area contributed by atoms with E-state index in [0.29, 0.717) is 17.8 Å². The van der Waals surface area contributed by atoms with E-state index in [4.69, 9.17) is 0 Å². The molecule has 2 rings (SSSR count). The highest BCUT2D eigenvalue weighted by atomic mass is 16.1. The van der Waals surface area contributed by atoms with Crippen LogP contribution in [0.15, 0.2) is 30.3 Å². The summed E-state index contributed by atoms with van der Waals surface area (Å²) in [6.07, 6.45) is 0. The minimum atomic E-state index is -0.00436. The standard InChI is InChI=1S/C18H22N2O2/c1-12-17(14(3)21)13(2)19-18(12)16(22)11-20(4)10-15-8-6-5-7-9-15/h5-9,19H,10-11H2,1-4H3/p+1. The molecule has 2 aromatic rings. The maximum Gasteiger partial charge on any atom is 0.233 e. The number of rotatable bonds is 6. The van der Waals surface area contributed by atoms with E-state index in [1.807, 2.05) is 39.1 Å². The van der Waals surface area contributed by atoms with Crippen molar-refractivity contribution in [1.29, 1.82) is 0 Å². The van der Waals surface area contributed by atoms with Gasteiger partial charge in [-0.2, -0.15) is 0 Å². The molecule has 4 nitrogen and oxygen atoms in total. The first-order chi connectivity index (χ1) is 10.4. The zero-order valence-corrected chi connectivity index (χ0v) is 13.6. The number of aromatic amines is 1. The number of aryl methyl sites for hydroxylation is 1. The van der Waals surface area contributed by atoms with Gasteiger partial charge >= 0.3 is 0 Å². The van der Waals surface area contributed by atoms with Crippen LogP contribution in [0, 0.1) is 13.8 Å². The highest BCUT2D eigenvalue weighted by molar-refractivity contribution is 6.03. The molecule has 1 aromatic heterocycles. The van der Waals surface area contributed by atoms with Gasteiger partial charge in [0.15, 0.2) is 5.78 Å². The Hall–Kier alpha value is -2.20. The van der Waals surface area contributed by atoms with Gasteiger partial charge in [-0.3, -0.25) is 9.59 Å². The predicted octanol–water partition coefficient (Wildman–Crippen LogP) is 1.73. The van der Waals surface area contributed by atoms with Crippen molar-refractivity contribution in [1.82, 2.24) is 4.98 Å². The summed E-state index contributed by atoms with van der Waals surface area (Å²) in [4.78, 5) is 28.3. The Balaban J connectivity index is 2.09. The highest BCUT2D eigenvalue weighted by Gasteiger charge is 2.22. The number of aromatic nitrogens is 1. The smallest absolute Gasteiger partial charge is 0.233 e. The van der Waals surface area contributed by atoms with E-state index in [9.17, 15) is 9.59 Å². The molecule has 0 spiro atoms. The molecule has 1 unspecified atom stereocenters. The second-order valence-corrected chi connectivity index (χ2v) is 5.90. The van der Waals surface area contributed by atoms with Gasteiger partial charge in [-0.05, 0) is 26.3 Å². The zero-order chi connectivity index (χ0) is 16.3. The Morgan fingerprint density at radius 2 is 1.77 bits per heavy atom. The molecule has 4 heteroatoms. The van der Waals surface area contributed by atoms with Crippen molar-refractivity contribution in [2.45, 2.75) is 27.3 Å². The Kier molecular flexibility index (Phi) is 4.93. The van der Waals surface area contributed by atoms with Gasteiger partial charge in [0.25, 0.3) is 0 Å². The van der Waals surface area contributed by atoms with E-state index in [0.717, 1.165) is 22.7 Å². The number of nitrogens with one attached hydrogen (secondary N) is 2. The van der Waals surface area contributed by atoms with Gasteiger partial charge in [0, 0.05) is 16.8 Å². The van der Waals surface area contributed by atoms with Crippen molar-refractivity contribution >= 4 is 11.6 Å². The Morgan fingerprint density at radius 1 is 1.14 bits per heavy atom. The van der Waals surface area contributed by atoms with Crippen LogP contribution in [0.2, 0.25) is 0 Å². The monoisotopic (exact) mass is 299 g/mol. The van der Waals surface area contributed by atoms with E-state index in [-0.39, 0.29) is 11.6 Å². The molecular weight excluding hydrogens is 276 g/mol. The van der Waals surface area contributed by atoms with Crippen LogP contribution < -0.4 is 4.90 Å². The van der Waals surface area contributed by atoms with Crippen molar-refractivity contribution in [3.63, 3.8) is 0 Å². The van der Waals surface area contributed by atoms with Crippen molar-refractivity contribution in [3.8, 4) is 0 Å². The summed E-state index contributed by atoms with van der Waals surface area (Å²) in [5.41, 5.74) is 3.95. The molecule has 0 aliphatic heterocycles. The number of carbonyl (C=O) groups excluding carboxylic acids is 2. The number of hydrogen-bond donors (Lipinski definition) is 2. The summed E-state index contributed by atoms with van der Waals surface area (Å²) >= 11 is 0. The molecule has 1 heterocycles. The molecule has 116 valence electrons. The molecule has 22 heavy (non-hydrogen) atoms. The molecule has 0 bridgehead atoms. The third-order valence-corrected chi connectivity index (χ3v) is 3.88.